The van der Waals surface area contributed by atoms with Gasteiger partial charge in [-0.2, -0.15) is 0 Å². The van der Waals surface area contributed by atoms with E-state index in [2.05, 4.69) is 21.7 Å². The average Bonchev–Trinajstić information content (AvgIpc) is 3.05. The lowest BCUT2D eigenvalue weighted by Crippen LogP contribution is -2.42. The fourth-order valence-corrected chi connectivity index (χ4v) is 3.85. The summed E-state index contributed by atoms with van der Waals surface area (Å²) in [6, 6.07) is 2.71. The van der Waals surface area contributed by atoms with Crippen LogP contribution < -0.4 is 5.32 Å². The summed E-state index contributed by atoms with van der Waals surface area (Å²) in [7, 11) is 2.00. The lowest BCUT2D eigenvalue weighted by Gasteiger charge is -2.28. The van der Waals surface area contributed by atoms with E-state index in [1.54, 1.807) is 0 Å². The molecule has 2 aliphatic heterocycles. The van der Waals surface area contributed by atoms with Gasteiger partial charge in [0, 0.05) is 37.1 Å². The van der Waals surface area contributed by atoms with Gasteiger partial charge >= 0.3 is 0 Å². The number of likely N-dealkylation sites (tertiary alicyclic amines) is 1. The SMILES string of the molecule is CNC1CCN(CC(=O)N2CCc3sccc3C2)C1. The van der Waals surface area contributed by atoms with Gasteiger partial charge in [0.1, 0.15) is 0 Å². The fraction of sp³-hybridized carbons (Fsp3) is 0.643. The van der Waals surface area contributed by atoms with Gasteiger partial charge in [0.2, 0.25) is 5.91 Å². The Hall–Kier alpha value is -0.910. The van der Waals surface area contributed by atoms with E-state index in [0.29, 0.717) is 12.6 Å². The van der Waals surface area contributed by atoms with E-state index < -0.39 is 0 Å². The zero-order chi connectivity index (χ0) is 13.2. The highest BCUT2D eigenvalue weighted by Crippen LogP contribution is 2.24. The third-order valence-electron chi connectivity index (χ3n) is 4.20. The third-order valence-corrected chi connectivity index (χ3v) is 5.22. The fourth-order valence-electron chi connectivity index (χ4n) is 2.96. The van der Waals surface area contributed by atoms with Gasteiger partial charge in [-0.15, -0.1) is 11.3 Å². The van der Waals surface area contributed by atoms with Crippen molar-refractivity contribution in [2.45, 2.75) is 25.4 Å². The number of hydrogen-bond acceptors (Lipinski definition) is 4. The van der Waals surface area contributed by atoms with Crippen molar-refractivity contribution in [2.24, 2.45) is 0 Å². The first-order valence-corrected chi connectivity index (χ1v) is 7.87. The van der Waals surface area contributed by atoms with Crippen LogP contribution in [-0.2, 0) is 17.8 Å². The number of hydrogen-bond donors (Lipinski definition) is 1. The van der Waals surface area contributed by atoms with Gasteiger partial charge < -0.3 is 10.2 Å². The van der Waals surface area contributed by atoms with Gasteiger partial charge in [0.25, 0.3) is 0 Å². The quantitative estimate of drug-likeness (QED) is 0.894. The Bertz CT molecular complexity index is 459. The molecule has 5 heteroatoms. The molecular formula is C14H21N3OS. The number of thiophene rings is 1. The predicted molar refractivity (Wildman–Crippen MR) is 77.3 cm³/mol. The smallest absolute Gasteiger partial charge is 0.237 e. The summed E-state index contributed by atoms with van der Waals surface area (Å²) >= 11 is 1.82. The molecule has 0 saturated carbocycles. The molecule has 1 aromatic rings. The molecule has 3 rings (SSSR count). The molecule has 3 heterocycles. The summed E-state index contributed by atoms with van der Waals surface area (Å²) in [5, 5.41) is 5.43. The van der Waals surface area contributed by atoms with Crippen LogP contribution in [0.3, 0.4) is 0 Å². The number of fused-ring (bicyclic) bond motifs is 1. The van der Waals surface area contributed by atoms with Crippen LogP contribution in [0.5, 0.6) is 0 Å². The number of nitrogens with zero attached hydrogens (tertiary/aromatic N) is 2. The van der Waals surface area contributed by atoms with Crippen molar-refractivity contribution >= 4 is 17.2 Å². The topological polar surface area (TPSA) is 35.6 Å². The van der Waals surface area contributed by atoms with Crippen LogP contribution in [0.25, 0.3) is 0 Å². The molecule has 1 saturated heterocycles. The first-order chi connectivity index (χ1) is 9.26. The van der Waals surface area contributed by atoms with E-state index in [0.717, 1.165) is 39.0 Å². The second-order valence-corrected chi connectivity index (χ2v) is 6.44. The van der Waals surface area contributed by atoms with Crippen molar-refractivity contribution in [3.8, 4) is 0 Å². The number of carbonyl (C=O) groups excluding carboxylic acids is 1. The Balaban J connectivity index is 1.54. The molecule has 1 aromatic heterocycles. The van der Waals surface area contributed by atoms with Crippen molar-refractivity contribution < 1.29 is 4.79 Å². The summed E-state index contributed by atoms with van der Waals surface area (Å²) in [5.41, 5.74) is 1.35. The molecule has 104 valence electrons. The van der Waals surface area contributed by atoms with E-state index in [4.69, 9.17) is 0 Å². The lowest BCUT2D eigenvalue weighted by molar-refractivity contribution is -0.133. The van der Waals surface area contributed by atoms with Crippen molar-refractivity contribution in [3.63, 3.8) is 0 Å². The predicted octanol–water partition coefficient (Wildman–Crippen LogP) is 0.926. The molecular weight excluding hydrogens is 258 g/mol. The number of amides is 1. The van der Waals surface area contributed by atoms with E-state index in [-0.39, 0.29) is 5.91 Å². The first-order valence-electron chi connectivity index (χ1n) is 6.99. The minimum absolute atomic E-state index is 0.286. The standard InChI is InChI=1S/C14H21N3OS/c1-15-12-2-5-16(9-12)10-14(18)17-6-3-13-11(8-17)4-7-19-13/h4,7,12,15H,2-3,5-6,8-10H2,1H3. The van der Waals surface area contributed by atoms with Crippen LogP contribution in [0.15, 0.2) is 11.4 Å². The highest BCUT2D eigenvalue weighted by Gasteiger charge is 2.26. The molecule has 1 amide bonds. The highest BCUT2D eigenvalue weighted by molar-refractivity contribution is 7.10. The highest BCUT2D eigenvalue weighted by atomic mass is 32.1. The molecule has 19 heavy (non-hydrogen) atoms. The van der Waals surface area contributed by atoms with Crippen LogP contribution >= 0.6 is 11.3 Å². The van der Waals surface area contributed by atoms with Crippen LogP contribution in [-0.4, -0.2) is 55.0 Å². The Morgan fingerprint density at radius 3 is 3.21 bits per heavy atom. The maximum atomic E-state index is 12.3. The van der Waals surface area contributed by atoms with Gasteiger partial charge in [0.05, 0.1) is 6.54 Å². The van der Waals surface area contributed by atoms with Gasteiger partial charge in [-0.1, -0.05) is 0 Å². The molecule has 1 N–H and O–H groups in total. The molecule has 0 radical (unpaired) electrons. The van der Waals surface area contributed by atoms with Crippen LogP contribution in [0.2, 0.25) is 0 Å². The van der Waals surface area contributed by atoms with Crippen LogP contribution in [0.1, 0.15) is 16.9 Å². The van der Waals surface area contributed by atoms with Gasteiger partial charge in [-0.05, 0) is 36.9 Å². The third kappa shape index (κ3) is 2.83. The lowest BCUT2D eigenvalue weighted by atomic mass is 10.1. The number of carbonyl (C=O) groups is 1. The van der Waals surface area contributed by atoms with E-state index in [9.17, 15) is 4.79 Å². The summed E-state index contributed by atoms with van der Waals surface area (Å²) in [4.78, 5) is 18.1. The van der Waals surface area contributed by atoms with E-state index >= 15 is 0 Å². The average molecular weight is 279 g/mol. The zero-order valence-electron chi connectivity index (χ0n) is 11.4. The van der Waals surface area contributed by atoms with Gasteiger partial charge in [-0.25, -0.2) is 0 Å². The molecule has 2 aliphatic rings. The van der Waals surface area contributed by atoms with Crippen molar-refractivity contribution in [2.75, 3.05) is 33.2 Å². The van der Waals surface area contributed by atoms with E-state index in [1.807, 2.05) is 23.3 Å². The monoisotopic (exact) mass is 279 g/mol. The molecule has 4 nitrogen and oxygen atoms in total. The number of likely N-dealkylation sites (N-methyl/N-ethyl adjacent to an activating group) is 1. The molecule has 0 aliphatic carbocycles. The summed E-state index contributed by atoms with van der Waals surface area (Å²) in [5.74, 6) is 0.286. The van der Waals surface area contributed by atoms with Crippen molar-refractivity contribution in [1.29, 1.82) is 0 Å². The molecule has 1 unspecified atom stereocenters. The van der Waals surface area contributed by atoms with Crippen molar-refractivity contribution in [3.05, 3.63) is 21.9 Å². The summed E-state index contributed by atoms with van der Waals surface area (Å²) in [6.07, 6.45) is 2.18. The van der Waals surface area contributed by atoms with Gasteiger partial charge in [-0.3, -0.25) is 9.69 Å². The summed E-state index contributed by atoms with van der Waals surface area (Å²) in [6.45, 7) is 4.31. The minimum Gasteiger partial charge on any atom is -0.337 e. The molecule has 0 aromatic carbocycles. The number of rotatable bonds is 3. The summed E-state index contributed by atoms with van der Waals surface area (Å²) < 4.78 is 0. The molecule has 0 bridgehead atoms. The Kier molecular flexibility index (Phi) is 3.86. The molecule has 1 atom stereocenters. The van der Waals surface area contributed by atoms with Gasteiger partial charge in [0.15, 0.2) is 0 Å². The Morgan fingerprint density at radius 2 is 2.42 bits per heavy atom. The van der Waals surface area contributed by atoms with Crippen LogP contribution in [0, 0.1) is 0 Å². The second kappa shape index (κ2) is 5.61. The Labute approximate surface area is 118 Å². The maximum Gasteiger partial charge on any atom is 0.237 e. The largest absolute Gasteiger partial charge is 0.337 e. The van der Waals surface area contributed by atoms with Crippen LogP contribution in [0.4, 0.5) is 0 Å². The second-order valence-electron chi connectivity index (χ2n) is 5.44. The minimum atomic E-state index is 0.286. The van der Waals surface area contributed by atoms with Crippen molar-refractivity contribution in [1.82, 2.24) is 15.1 Å². The van der Waals surface area contributed by atoms with E-state index in [1.165, 1.54) is 10.4 Å². The molecule has 1 fully saturated rings. The first kappa shape index (κ1) is 13.1. The number of nitrogens with one attached hydrogen (secondary N) is 1. The maximum absolute atomic E-state index is 12.3. The zero-order valence-corrected chi connectivity index (χ0v) is 12.2. The normalized spacial score (nSPS) is 23.6. The Morgan fingerprint density at radius 1 is 1.53 bits per heavy atom. The molecule has 0 spiro atoms.